The van der Waals surface area contributed by atoms with E-state index >= 15 is 0 Å². The summed E-state index contributed by atoms with van der Waals surface area (Å²) in [4.78, 5) is 12.6. The zero-order chi connectivity index (χ0) is 14.9. The van der Waals surface area contributed by atoms with Crippen LogP contribution in [0.4, 0.5) is 0 Å². The standard InChI is InChI=1S/C16H14BrClO2/c1-9-4-5-14(16(20-3)10(9)2)15(19)11-6-12(17)8-13(18)7-11/h4-8H,1-3H3. The van der Waals surface area contributed by atoms with E-state index in [1.165, 1.54) is 0 Å². The second kappa shape index (κ2) is 5.98. The van der Waals surface area contributed by atoms with Crippen LogP contribution in [0.25, 0.3) is 0 Å². The van der Waals surface area contributed by atoms with Gasteiger partial charge in [-0.05, 0) is 49.2 Å². The van der Waals surface area contributed by atoms with E-state index in [0.717, 1.165) is 15.6 Å². The Labute approximate surface area is 131 Å². The number of hydrogen-bond acceptors (Lipinski definition) is 2. The maximum Gasteiger partial charge on any atom is 0.196 e. The van der Waals surface area contributed by atoms with Crippen LogP contribution in [0.2, 0.25) is 5.02 Å². The van der Waals surface area contributed by atoms with Gasteiger partial charge >= 0.3 is 0 Å². The van der Waals surface area contributed by atoms with E-state index in [2.05, 4.69) is 15.9 Å². The molecule has 104 valence electrons. The molecule has 2 nitrogen and oxygen atoms in total. The van der Waals surface area contributed by atoms with Crippen molar-refractivity contribution in [2.75, 3.05) is 7.11 Å². The lowest BCUT2D eigenvalue weighted by atomic mass is 9.98. The van der Waals surface area contributed by atoms with Crippen molar-refractivity contribution < 1.29 is 9.53 Å². The Morgan fingerprint density at radius 3 is 2.50 bits per heavy atom. The van der Waals surface area contributed by atoms with Crippen LogP contribution in [0.3, 0.4) is 0 Å². The van der Waals surface area contributed by atoms with E-state index in [4.69, 9.17) is 16.3 Å². The molecule has 0 aliphatic rings. The van der Waals surface area contributed by atoms with Crippen LogP contribution in [-0.4, -0.2) is 12.9 Å². The quantitative estimate of drug-likeness (QED) is 0.729. The van der Waals surface area contributed by atoms with Gasteiger partial charge in [-0.1, -0.05) is 33.6 Å². The molecule has 0 atom stereocenters. The minimum absolute atomic E-state index is 0.104. The smallest absolute Gasteiger partial charge is 0.196 e. The number of benzene rings is 2. The van der Waals surface area contributed by atoms with Gasteiger partial charge in [0.2, 0.25) is 0 Å². The molecule has 0 heterocycles. The monoisotopic (exact) mass is 352 g/mol. The average Bonchev–Trinajstić information content (AvgIpc) is 2.39. The summed E-state index contributed by atoms with van der Waals surface area (Å²) in [5.41, 5.74) is 3.14. The van der Waals surface area contributed by atoms with Crippen LogP contribution in [0.5, 0.6) is 5.75 Å². The van der Waals surface area contributed by atoms with Crippen LogP contribution in [0, 0.1) is 13.8 Å². The summed E-state index contributed by atoms with van der Waals surface area (Å²) in [5, 5.41) is 0.519. The fraction of sp³-hybridized carbons (Fsp3) is 0.188. The number of aryl methyl sites for hydroxylation is 1. The molecule has 0 aromatic heterocycles. The molecule has 0 unspecified atom stereocenters. The Balaban J connectivity index is 2.56. The van der Waals surface area contributed by atoms with E-state index in [9.17, 15) is 4.79 Å². The third-order valence-corrected chi connectivity index (χ3v) is 3.93. The summed E-state index contributed by atoms with van der Waals surface area (Å²) in [6.45, 7) is 3.93. The average molecular weight is 354 g/mol. The van der Waals surface area contributed by atoms with Crippen molar-refractivity contribution in [3.63, 3.8) is 0 Å². The van der Waals surface area contributed by atoms with Gasteiger partial charge in [0, 0.05) is 15.1 Å². The third-order valence-electron chi connectivity index (χ3n) is 3.25. The molecule has 0 aliphatic heterocycles. The first-order valence-corrected chi connectivity index (χ1v) is 7.26. The zero-order valence-electron chi connectivity index (χ0n) is 11.5. The highest BCUT2D eigenvalue weighted by Gasteiger charge is 2.17. The second-order valence-electron chi connectivity index (χ2n) is 4.58. The summed E-state index contributed by atoms with van der Waals surface area (Å²) < 4.78 is 6.17. The van der Waals surface area contributed by atoms with Gasteiger partial charge in [-0.3, -0.25) is 4.79 Å². The predicted molar refractivity (Wildman–Crippen MR) is 85.1 cm³/mol. The van der Waals surface area contributed by atoms with Crippen LogP contribution >= 0.6 is 27.5 Å². The Morgan fingerprint density at radius 2 is 1.90 bits per heavy atom. The molecule has 0 fully saturated rings. The van der Waals surface area contributed by atoms with E-state index in [1.807, 2.05) is 19.9 Å². The Hall–Kier alpha value is -1.32. The lowest BCUT2D eigenvalue weighted by Gasteiger charge is -2.13. The van der Waals surface area contributed by atoms with E-state index in [-0.39, 0.29) is 5.78 Å². The van der Waals surface area contributed by atoms with Gasteiger partial charge in [-0.25, -0.2) is 0 Å². The second-order valence-corrected chi connectivity index (χ2v) is 5.93. The Bertz CT molecular complexity index is 660. The lowest BCUT2D eigenvalue weighted by molar-refractivity contribution is 0.103. The van der Waals surface area contributed by atoms with Gasteiger partial charge in [-0.15, -0.1) is 0 Å². The van der Waals surface area contributed by atoms with Gasteiger partial charge < -0.3 is 4.74 Å². The molecule has 0 radical (unpaired) electrons. The molecule has 0 saturated carbocycles. The van der Waals surface area contributed by atoms with Crippen LogP contribution in [0.1, 0.15) is 27.0 Å². The van der Waals surface area contributed by atoms with Crippen LogP contribution in [-0.2, 0) is 0 Å². The molecule has 20 heavy (non-hydrogen) atoms. The Morgan fingerprint density at radius 1 is 1.20 bits per heavy atom. The maximum atomic E-state index is 12.6. The minimum atomic E-state index is -0.104. The topological polar surface area (TPSA) is 26.3 Å². The summed E-state index contributed by atoms with van der Waals surface area (Å²) in [6.07, 6.45) is 0. The largest absolute Gasteiger partial charge is 0.496 e. The van der Waals surface area contributed by atoms with Crippen molar-refractivity contribution in [1.82, 2.24) is 0 Å². The number of ether oxygens (including phenoxy) is 1. The van der Waals surface area contributed by atoms with Crippen molar-refractivity contribution in [1.29, 1.82) is 0 Å². The maximum absolute atomic E-state index is 12.6. The first kappa shape index (κ1) is 15.1. The van der Waals surface area contributed by atoms with Gasteiger partial charge in [0.15, 0.2) is 5.78 Å². The predicted octanol–water partition coefficient (Wildman–Crippen LogP) is 4.96. The number of rotatable bonds is 3. The minimum Gasteiger partial charge on any atom is -0.496 e. The summed E-state index contributed by atoms with van der Waals surface area (Å²) >= 11 is 9.35. The van der Waals surface area contributed by atoms with Crippen LogP contribution < -0.4 is 4.74 Å². The number of ketones is 1. The highest BCUT2D eigenvalue weighted by atomic mass is 79.9. The molecule has 0 amide bonds. The summed E-state index contributed by atoms with van der Waals surface area (Å²) in [5.74, 6) is 0.513. The molecule has 2 aromatic rings. The van der Waals surface area contributed by atoms with Crippen molar-refractivity contribution in [2.45, 2.75) is 13.8 Å². The van der Waals surface area contributed by atoms with Crippen molar-refractivity contribution in [3.05, 3.63) is 62.1 Å². The van der Waals surface area contributed by atoms with Crippen molar-refractivity contribution in [2.24, 2.45) is 0 Å². The van der Waals surface area contributed by atoms with Crippen molar-refractivity contribution >= 4 is 33.3 Å². The molecular weight excluding hydrogens is 340 g/mol. The first-order chi connectivity index (χ1) is 9.43. The zero-order valence-corrected chi connectivity index (χ0v) is 13.8. The highest BCUT2D eigenvalue weighted by molar-refractivity contribution is 9.10. The van der Waals surface area contributed by atoms with Gasteiger partial charge in [-0.2, -0.15) is 0 Å². The van der Waals surface area contributed by atoms with Gasteiger partial charge in [0.25, 0.3) is 0 Å². The van der Waals surface area contributed by atoms with Gasteiger partial charge in [0.05, 0.1) is 12.7 Å². The molecule has 4 heteroatoms. The first-order valence-electron chi connectivity index (χ1n) is 6.09. The molecular formula is C16H14BrClO2. The number of carbonyl (C=O) groups is 1. The lowest BCUT2D eigenvalue weighted by Crippen LogP contribution is -2.06. The molecule has 0 N–H and O–H groups in total. The SMILES string of the molecule is COc1c(C(=O)c2cc(Cl)cc(Br)c2)ccc(C)c1C. The molecule has 0 saturated heterocycles. The third kappa shape index (κ3) is 2.89. The van der Waals surface area contributed by atoms with E-state index in [1.54, 1.807) is 31.4 Å². The highest BCUT2D eigenvalue weighted by Crippen LogP contribution is 2.29. The number of methoxy groups -OCH3 is 1. The van der Waals surface area contributed by atoms with Crippen molar-refractivity contribution in [3.8, 4) is 5.75 Å². The Kier molecular flexibility index (Phi) is 4.51. The number of halogens is 2. The number of hydrogen-bond donors (Lipinski definition) is 0. The van der Waals surface area contributed by atoms with Crippen LogP contribution in [0.15, 0.2) is 34.8 Å². The van der Waals surface area contributed by atoms with E-state index in [0.29, 0.717) is 21.9 Å². The molecule has 0 bridgehead atoms. The molecule has 0 spiro atoms. The fourth-order valence-corrected chi connectivity index (χ4v) is 2.93. The fourth-order valence-electron chi connectivity index (χ4n) is 2.07. The van der Waals surface area contributed by atoms with Gasteiger partial charge in [0.1, 0.15) is 5.75 Å². The molecule has 0 aliphatic carbocycles. The molecule has 2 aromatic carbocycles. The summed E-state index contributed by atoms with van der Waals surface area (Å²) in [6, 6.07) is 8.87. The number of carbonyl (C=O) groups excluding carboxylic acids is 1. The molecule has 2 rings (SSSR count). The normalized spacial score (nSPS) is 10.4. The van der Waals surface area contributed by atoms with E-state index < -0.39 is 0 Å². The summed E-state index contributed by atoms with van der Waals surface area (Å²) in [7, 11) is 1.58.